The molecule has 4 atom stereocenters. The van der Waals surface area contributed by atoms with E-state index >= 15 is 0 Å². The number of amides is 1. The maximum Gasteiger partial charge on any atom is 0.303 e. The number of aromatic hydroxyl groups is 2. The summed E-state index contributed by atoms with van der Waals surface area (Å²) in [5.41, 5.74) is 0.341. The molecule has 2 saturated heterocycles. The molecule has 164 valence electrons. The number of rotatable bonds is 11. The van der Waals surface area contributed by atoms with Crippen molar-refractivity contribution in [3.8, 4) is 11.5 Å². The molecule has 1 aromatic carbocycles. The number of carbonyl (C=O) groups is 2. The number of fused-ring (bicyclic) bond motifs is 2. The van der Waals surface area contributed by atoms with Crippen molar-refractivity contribution in [1.82, 2.24) is 5.32 Å². The smallest absolute Gasteiger partial charge is 0.303 e. The van der Waals surface area contributed by atoms with Crippen molar-refractivity contribution in [3.05, 3.63) is 30.4 Å². The lowest BCUT2D eigenvalue weighted by atomic mass is 9.77. The zero-order valence-corrected chi connectivity index (χ0v) is 16.9. The molecule has 2 aliphatic rings. The average Bonchev–Trinajstić information content (AvgIpc) is 3.25. The number of hydrogen-bond acceptors (Lipinski definition) is 6. The third-order valence-electron chi connectivity index (χ3n) is 5.78. The van der Waals surface area contributed by atoms with Crippen LogP contribution in [0.4, 0.5) is 5.69 Å². The second kappa shape index (κ2) is 10.4. The van der Waals surface area contributed by atoms with E-state index in [-0.39, 0.29) is 42.6 Å². The van der Waals surface area contributed by atoms with Crippen molar-refractivity contribution in [3.63, 3.8) is 0 Å². The Morgan fingerprint density at radius 3 is 2.47 bits per heavy atom. The third kappa shape index (κ3) is 6.21. The van der Waals surface area contributed by atoms with E-state index in [4.69, 9.17) is 9.84 Å². The standard InChI is InChI=1S/C22H30N2O6/c25-15-9-14(10-16(26)11-15)24-21(27)13-23-12-18-17(19-7-8-20(18)30-19)5-3-1-2-4-6-22(28)29/h1,3,9-11,17-20,23,25-26H,2,4-8,12-13H2,(H,24,27)(H,28,29)/b3-1-/t17-,18+,19-,20+/m1/s1. The van der Waals surface area contributed by atoms with Crippen LogP contribution >= 0.6 is 0 Å². The van der Waals surface area contributed by atoms with Gasteiger partial charge < -0.3 is 30.7 Å². The van der Waals surface area contributed by atoms with E-state index in [1.807, 2.05) is 0 Å². The number of unbranched alkanes of at least 4 members (excludes halogenated alkanes) is 1. The summed E-state index contributed by atoms with van der Waals surface area (Å²) < 4.78 is 6.08. The average molecular weight is 418 g/mol. The molecule has 1 amide bonds. The number of aliphatic carboxylic acids is 1. The Morgan fingerprint density at radius 2 is 1.77 bits per heavy atom. The lowest BCUT2D eigenvalue weighted by molar-refractivity contribution is -0.137. The lowest BCUT2D eigenvalue weighted by Gasteiger charge is -2.27. The van der Waals surface area contributed by atoms with Crippen LogP contribution in [0.5, 0.6) is 11.5 Å². The van der Waals surface area contributed by atoms with E-state index in [1.165, 1.54) is 18.2 Å². The molecule has 8 nitrogen and oxygen atoms in total. The molecule has 0 aliphatic carbocycles. The molecule has 2 heterocycles. The van der Waals surface area contributed by atoms with Crippen LogP contribution in [0.3, 0.4) is 0 Å². The molecule has 2 fully saturated rings. The molecule has 8 heteroatoms. The highest BCUT2D eigenvalue weighted by Crippen LogP contribution is 2.44. The number of phenols is 2. The predicted octanol–water partition coefficient (Wildman–Crippen LogP) is 2.62. The summed E-state index contributed by atoms with van der Waals surface area (Å²) in [6.07, 6.45) is 9.28. The molecular weight excluding hydrogens is 388 g/mol. The lowest BCUT2D eigenvalue weighted by Crippen LogP contribution is -2.38. The number of carbonyl (C=O) groups excluding carboxylic acids is 1. The molecule has 0 aromatic heterocycles. The van der Waals surface area contributed by atoms with Crippen molar-refractivity contribution in [2.75, 3.05) is 18.4 Å². The first-order chi connectivity index (χ1) is 14.4. The Morgan fingerprint density at radius 1 is 1.07 bits per heavy atom. The maximum atomic E-state index is 12.1. The molecule has 0 unspecified atom stereocenters. The summed E-state index contributed by atoms with van der Waals surface area (Å²) in [6, 6.07) is 3.95. The highest BCUT2D eigenvalue weighted by Gasteiger charge is 2.47. The normalized spacial score (nSPS) is 25.1. The number of phenolic OH excluding ortho intramolecular Hbond substituents is 2. The van der Waals surface area contributed by atoms with Gasteiger partial charge in [0.1, 0.15) is 11.5 Å². The van der Waals surface area contributed by atoms with E-state index < -0.39 is 5.97 Å². The van der Waals surface area contributed by atoms with Gasteiger partial charge in [0, 0.05) is 42.8 Å². The molecule has 2 bridgehead atoms. The first kappa shape index (κ1) is 22.1. The Labute approximate surface area is 175 Å². The van der Waals surface area contributed by atoms with E-state index in [0.717, 1.165) is 25.7 Å². The summed E-state index contributed by atoms with van der Waals surface area (Å²) in [4.78, 5) is 22.7. The monoisotopic (exact) mass is 418 g/mol. The van der Waals surface area contributed by atoms with Gasteiger partial charge in [0.2, 0.25) is 5.91 Å². The Hall–Kier alpha value is -2.58. The predicted molar refractivity (Wildman–Crippen MR) is 111 cm³/mol. The molecule has 1 aromatic rings. The van der Waals surface area contributed by atoms with Crippen LogP contribution in [-0.4, -0.2) is 52.5 Å². The number of hydrogen-bond donors (Lipinski definition) is 5. The Balaban J connectivity index is 1.42. The van der Waals surface area contributed by atoms with E-state index in [1.54, 1.807) is 0 Å². The fraction of sp³-hybridized carbons (Fsp3) is 0.545. The van der Waals surface area contributed by atoms with Gasteiger partial charge in [0.25, 0.3) is 0 Å². The highest BCUT2D eigenvalue weighted by atomic mass is 16.5. The first-order valence-electron chi connectivity index (χ1n) is 10.5. The van der Waals surface area contributed by atoms with Gasteiger partial charge in [-0.25, -0.2) is 0 Å². The van der Waals surface area contributed by atoms with E-state index in [0.29, 0.717) is 30.5 Å². The SMILES string of the molecule is O=C(O)CCC/C=C\C[C@@H]1[C@H](CNCC(=O)Nc2cc(O)cc(O)c2)[C@@H]2CC[C@H]1O2. The van der Waals surface area contributed by atoms with Crippen LogP contribution in [0.25, 0.3) is 0 Å². The number of carboxylic acid groups (broad SMARTS) is 1. The van der Waals surface area contributed by atoms with Crippen LogP contribution in [0, 0.1) is 11.8 Å². The summed E-state index contributed by atoms with van der Waals surface area (Å²) >= 11 is 0. The van der Waals surface area contributed by atoms with Gasteiger partial charge in [0.05, 0.1) is 18.8 Å². The minimum atomic E-state index is -0.763. The molecule has 0 spiro atoms. The molecule has 5 N–H and O–H groups in total. The van der Waals surface area contributed by atoms with Crippen molar-refractivity contribution in [2.24, 2.45) is 11.8 Å². The van der Waals surface area contributed by atoms with Crippen LogP contribution in [-0.2, 0) is 14.3 Å². The van der Waals surface area contributed by atoms with Crippen molar-refractivity contribution in [1.29, 1.82) is 0 Å². The molecule has 2 aliphatic heterocycles. The second-order valence-corrected chi connectivity index (χ2v) is 8.03. The van der Waals surface area contributed by atoms with Gasteiger partial charge >= 0.3 is 5.97 Å². The number of carboxylic acids is 1. The number of nitrogens with one attached hydrogen (secondary N) is 2. The van der Waals surface area contributed by atoms with E-state index in [9.17, 15) is 19.8 Å². The zero-order chi connectivity index (χ0) is 21.5. The van der Waals surface area contributed by atoms with Crippen LogP contribution in [0.1, 0.15) is 38.5 Å². The first-order valence-corrected chi connectivity index (χ1v) is 10.5. The summed E-state index contributed by atoms with van der Waals surface area (Å²) in [5.74, 6) is -0.504. The Kier molecular flexibility index (Phi) is 7.70. The summed E-state index contributed by atoms with van der Waals surface area (Å²) in [6.45, 7) is 0.805. The van der Waals surface area contributed by atoms with Crippen molar-refractivity contribution in [2.45, 2.75) is 50.7 Å². The van der Waals surface area contributed by atoms with Crippen LogP contribution in [0.2, 0.25) is 0 Å². The molecule has 30 heavy (non-hydrogen) atoms. The quantitative estimate of drug-likeness (QED) is 0.276. The minimum absolute atomic E-state index is 0.115. The maximum absolute atomic E-state index is 12.1. The number of ether oxygens (including phenoxy) is 1. The van der Waals surface area contributed by atoms with Gasteiger partial charge in [-0.2, -0.15) is 0 Å². The van der Waals surface area contributed by atoms with Gasteiger partial charge in [-0.15, -0.1) is 0 Å². The molecule has 0 saturated carbocycles. The van der Waals surface area contributed by atoms with Crippen LogP contribution in [0.15, 0.2) is 30.4 Å². The van der Waals surface area contributed by atoms with Gasteiger partial charge in [-0.3, -0.25) is 9.59 Å². The van der Waals surface area contributed by atoms with Crippen molar-refractivity contribution < 1.29 is 29.6 Å². The second-order valence-electron chi connectivity index (χ2n) is 8.03. The number of allylic oxidation sites excluding steroid dienone is 2. The summed E-state index contributed by atoms with van der Waals surface area (Å²) in [7, 11) is 0. The largest absolute Gasteiger partial charge is 0.508 e. The number of anilines is 1. The molecular formula is C22H30N2O6. The van der Waals surface area contributed by atoms with Crippen molar-refractivity contribution >= 4 is 17.6 Å². The molecule has 3 rings (SSSR count). The number of benzene rings is 1. The summed E-state index contributed by atoms with van der Waals surface area (Å²) in [5, 5.41) is 33.5. The fourth-order valence-electron chi connectivity index (χ4n) is 4.45. The topological polar surface area (TPSA) is 128 Å². The van der Waals surface area contributed by atoms with Crippen LogP contribution < -0.4 is 10.6 Å². The van der Waals surface area contributed by atoms with E-state index in [2.05, 4.69) is 22.8 Å². The fourth-order valence-corrected chi connectivity index (χ4v) is 4.45. The Bertz CT molecular complexity index is 761. The van der Waals surface area contributed by atoms with Gasteiger partial charge in [-0.05, 0) is 38.0 Å². The zero-order valence-electron chi connectivity index (χ0n) is 16.9. The van der Waals surface area contributed by atoms with Gasteiger partial charge in [-0.1, -0.05) is 12.2 Å². The van der Waals surface area contributed by atoms with Gasteiger partial charge in [0.15, 0.2) is 0 Å². The minimum Gasteiger partial charge on any atom is -0.508 e. The molecule has 0 radical (unpaired) electrons. The third-order valence-corrected chi connectivity index (χ3v) is 5.78. The highest BCUT2D eigenvalue weighted by molar-refractivity contribution is 5.92.